The predicted molar refractivity (Wildman–Crippen MR) is 103 cm³/mol. The Morgan fingerprint density at radius 3 is 2.24 bits per heavy atom. The van der Waals surface area contributed by atoms with Crippen molar-refractivity contribution < 1.29 is 4.79 Å². The van der Waals surface area contributed by atoms with Crippen molar-refractivity contribution in [2.45, 2.75) is 45.6 Å². The summed E-state index contributed by atoms with van der Waals surface area (Å²) in [5.41, 5.74) is 9.74. The Bertz CT molecular complexity index is 686. The summed E-state index contributed by atoms with van der Waals surface area (Å²) < 4.78 is 0. The van der Waals surface area contributed by atoms with E-state index in [1.54, 1.807) is 6.20 Å². The molecule has 1 aromatic carbocycles. The zero-order valence-electron chi connectivity index (χ0n) is 15.2. The van der Waals surface area contributed by atoms with Gasteiger partial charge in [-0.05, 0) is 23.0 Å². The number of hydrogen-bond donors (Lipinski definition) is 2. The van der Waals surface area contributed by atoms with Crippen LogP contribution in [0.25, 0.3) is 0 Å². The molecule has 0 bridgehead atoms. The predicted octanol–water partition coefficient (Wildman–Crippen LogP) is 3.58. The van der Waals surface area contributed by atoms with E-state index in [4.69, 9.17) is 5.73 Å². The zero-order valence-corrected chi connectivity index (χ0v) is 16.0. The summed E-state index contributed by atoms with van der Waals surface area (Å²) in [4.78, 5) is 20.6. The van der Waals surface area contributed by atoms with Gasteiger partial charge in [-0.1, -0.05) is 52.0 Å². The maximum absolute atomic E-state index is 12.4. The van der Waals surface area contributed by atoms with Gasteiger partial charge in [-0.3, -0.25) is 4.79 Å². The van der Waals surface area contributed by atoms with E-state index in [0.29, 0.717) is 18.0 Å². The van der Waals surface area contributed by atoms with Crippen molar-refractivity contribution >= 4 is 18.3 Å². The van der Waals surface area contributed by atoms with Gasteiger partial charge in [-0.2, -0.15) is 0 Å². The Morgan fingerprint density at radius 2 is 1.68 bits per heavy atom. The highest BCUT2D eigenvalue weighted by Crippen LogP contribution is 2.18. The molecule has 2 rings (SSSR count). The number of rotatable bonds is 6. The number of nitrogens with two attached hydrogens (primary N) is 1. The zero-order chi connectivity index (χ0) is 17.7. The number of aromatic nitrogens is 2. The molecule has 0 aliphatic rings. The number of amides is 1. The SMILES string of the molecule is CC(C)c1ccc(C(N)CNC(=O)c2cncnc2C(C)C)cc1.Cl. The fourth-order valence-electron chi connectivity index (χ4n) is 2.52. The maximum Gasteiger partial charge on any atom is 0.254 e. The van der Waals surface area contributed by atoms with Gasteiger partial charge in [0.2, 0.25) is 0 Å². The molecule has 25 heavy (non-hydrogen) atoms. The van der Waals surface area contributed by atoms with Crippen molar-refractivity contribution in [1.82, 2.24) is 15.3 Å². The first-order valence-corrected chi connectivity index (χ1v) is 8.33. The van der Waals surface area contributed by atoms with Crippen LogP contribution in [0.2, 0.25) is 0 Å². The molecule has 0 aliphatic carbocycles. The highest BCUT2D eigenvalue weighted by Gasteiger charge is 2.16. The van der Waals surface area contributed by atoms with Crippen molar-refractivity contribution in [2.75, 3.05) is 6.54 Å². The van der Waals surface area contributed by atoms with Gasteiger partial charge < -0.3 is 11.1 Å². The summed E-state index contributed by atoms with van der Waals surface area (Å²) in [6.07, 6.45) is 3.02. The van der Waals surface area contributed by atoms with Crippen LogP contribution in [0, 0.1) is 0 Å². The second-order valence-corrected chi connectivity index (χ2v) is 6.61. The van der Waals surface area contributed by atoms with Crippen LogP contribution in [0.15, 0.2) is 36.8 Å². The minimum absolute atomic E-state index is 0. The summed E-state index contributed by atoms with van der Waals surface area (Å²) in [6, 6.07) is 7.98. The van der Waals surface area contributed by atoms with Gasteiger partial charge >= 0.3 is 0 Å². The Morgan fingerprint density at radius 1 is 1.08 bits per heavy atom. The fraction of sp³-hybridized carbons (Fsp3) is 0.421. The van der Waals surface area contributed by atoms with Gasteiger partial charge in [-0.25, -0.2) is 9.97 Å². The van der Waals surface area contributed by atoms with Gasteiger partial charge in [-0.15, -0.1) is 12.4 Å². The van der Waals surface area contributed by atoms with E-state index in [1.165, 1.54) is 11.9 Å². The molecule has 1 amide bonds. The van der Waals surface area contributed by atoms with Crippen molar-refractivity contribution in [2.24, 2.45) is 5.73 Å². The summed E-state index contributed by atoms with van der Waals surface area (Å²) >= 11 is 0. The normalized spacial score (nSPS) is 12.0. The third-order valence-electron chi connectivity index (χ3n) is 4.05. The van der Waals surface area contributed by atoms with Gasteiger partial charge in [0.1, 0.15) is 6.33 Å². The Labute approximate surface area is 155 Å². The molecule has 0 saturated carbocycles. The lowest BCUT2D eigenvalue weighted by molar-refractivity contribution is 0.0949. The highest BCUT2D eigenvalue weighted by molar-refractivity contribution is 5.95. The van der Waals surface area contributed by atoms with E-state index in [-0.39, 0.29) is 30.3 Å². The van der Waals surface area contributed by atoms with E-state index < -0.39 is 0 Å². The number of nitrogens with one attached hydrogen (secondary N) is 1. The number of hydrogen-bond acceptors (Lipinski definition) is 4. The lowest BCUT2D eigenvalue weighted by Crippen LogP contribution is -2.32. The lowest BCUT2D eigenvalue weighted by Gasteiger charge is -2.16. The standard InChI is InChI=1S/C19H26N4O.ClH/c1-12(2)14-5-7-15(8-6-14)17(20)10-22-19(24)16-9-21-11-23-18(16)13(3)4;/h5-9,11-13,17H,10,20H2,1-4H3,(H,22,24);1H. The Kier molecular flexibility index (Phi) is 8.00. The Hall–Kier alpha value is -1.98. The van der Waals surface area contributed by atoms with Crippen LogP contribution in [0.5, 0.6) is 0 Å². The first-order valence-electron chi connectivity index (χ1n) is 8.33. The second-order valence-electron chi connectivity index (χ2n) is 6.61. The van der Waals surface area contributed by atoms with Crippen molar-refractivity contribution in [3.63, 3.8) is 0 Å². The van der Waals surface area contributed by atoms with Crippen LogP contribution in [0.3, 0.4) is 0 Å². The summed E-state index contributed by atoms with van der Waals surface area (Å²) in [5.74, 6) is 0.460. The van der Waals surface area contributed by atoms with E-state index in [1.807, 2.05) is 26.0 Å². The van der Waals surface area contributed by atoms with Crippen molar-refractivity contribution in [3.05, 3.63) is 59.2 Å². The molecule has 1 unspecified atom stereocenters. The smallest absolute Gasteiger partial charge is 0.254 e. The summed E-state index contributed by atoms with van der Waals surface area (Å²) in [7, 11) is 0. The third-order valence-corrected chi connectivity index (χ3v) is 4.05. The van der Waals surface area contributed by atoms with E-state index in [0.717, 1.165) is 11.3 Å². The average Bonchev–Trinajstić information content (AvgIpc) is 2.59. The van der Waals surface area contributed by atoms with Crippen LogP contribution in [0.4, 0.5) is 0 Å². The number of carbonyl (C=O) groups is 1. The van der Waals surface area contributed by atoms with Gasteiger partial charge in [0.15, 0.2) is 0 Å². The maximum atomic E-state index is 12.4. The summed E-state index contributed by atoms with van der Waals surface area (Å²) in [5, 5.41) is 2.89. The van der Waals surface area contributed by atoms with Crippen LogP contribution in [-0.4, -0.2) is 22.4 Å². The first kappa shape index (κ1) is 21.1. The van der Waals surface area contributed by atoms with E-state index in [9.17, 15) is 4.79 Å². The fourth-order valence-corrected chi connectivity index (χ4v) is 2.52. The molecule has 1 atom stereocenters. The molecule has 0 aliphatic heterocycles. The molecule has 1 aromatic heterocycles. The molecule has 1 heterocycles. The van der Waals surface area contributed by atoms with Gasteiger partial charge in [0, 0.05) is 18.8 Å². The Balaban J connectivity index is 0.00000312. The van der Waals surface area contributed by atoms with Crippen LogP contribution < -0.4 is 11.1 Å². The largest absolute Gasteiger partial charge is 0.350 e. The minimum Gasteiger partial charge on any atom is -0.350 e. The van der Waals surface area contributed by atoms with Crippen LogP contribution in [-0.2, 0) is 0 Å². The molecule has 0 radical (unpaired) electrons. The molecular weight excluding hydrogens is 336 g/mol. The molecule has 3 N–H and O–H groups in total. The molecular formula is C19H27ClN4O. The van der Waals surface area contributed by atoms with E-state index >= 15 is 0 Å². The van der Waals surface area contributed by atoms with Gasteiger partial charge in [0.25, 0.3) is 5.91 Å². The van der Waals surface area contributed by atoms with Crippen molar-refractivity contribution in [1.29, 1.82) is 0 Å². The summed E-state index contributed by atoms with van der Waals surface area (Å²) in [6.45, 7) is 8.68. The van der Waals surface area contributed by atoms with Crippen molar-refractivity contribution in [3.8, 4) is 0 Å². The monoisotopic (exact) mass is 362 g/mol. The molecule has 0 fully saturated rings. The molecule has 5 nitrogen and oxygen atoms in total. The van der Waals surface area contributed by atoms with E-state index in [2.05, 4.69) is 41.3 Å². The van der Waals surface area contributed by atoms with Crippen LogP contribution >= 0.6 is 12.4 Å². The molecule has 0 saturated heterocycles. The van der Waals surface area contributed by atoms with Gasteiger partial charge in [0.05, 0.1) is 11.3 Å². The third kappa shape index (κ3) is 5.51. The minimum atomic E-state index is -0.248. The molecule has 0 spiro atoms. The number of benzene rings is 1. The number of carbonyl (C=O) groups excluding carboxylic acids is 1. The molecule has 136 valence electrons. The lowest BCUT2D eigenvalue weighted by atomic mass is 9.99. The number of nitrogens with zero attached hydrogens (tertiary/aromatic N) is 2. The quantitative estimate of drug-likeness (QED) is 0.823. The molecule has 2 aromatic rings. The average molecular weight is 363 g/mol. The topological polar surface area (TPSA) is 80.9 Å². The van der Waals surface area contributed by atoms with Crippen LogP contribution in [0.1, 0.15) is 72.8 Å². The second kappa shape index (κ2) is 9.49. The highest BCUT2D eigenvalue weighted by atomic mass is 35.5. The number of halogens is 1. The molecule has 6 heteroatoms. The first-order chi connectivity index (χ1) is 11.4.